The summed E-state index contributed by atoms with van der Waals surface area (Å²) in [5.74, 6) is 0.880. The van der Waals surface area contributed by atoms with Gasteiger partial charge in [0.1, 0.15) is 11.4 Å². The molecule has 1 aromatic heterocycles. The van der Waals surface area contributed by atoms with Crippen LogP contribution in [0.25, 0.3) is 22.3 Å². The predicted molar refractivity (Wildman–Crippen MR) is 118 cm³/mol. The third-order valence-electron chi connectivity index (χ3n) is 4.43. The number of anilines is 2. The minimum absolute atomic E-state index is 0.0457. The number of para-hydroxylation sites is 2. The number of hydrogen-bond acceptors (Lipinski definition) is 6. The van der Waals surface area contributed by atoms with Gasteiger partial charge in [0.15, 0.2) is 5.82 Å². The lowest BCUT2D eigenvalue weighted by Crippen LogP contribution is -2.14. The number of sulfonamides is 1. The van der Waals surface area contributed by atoms with Crippen molar-refractivity contribution in [3.63, 3.8) is 0 Å². The molecule has 0 aliphatic heterocycles. The second-order valence-electron chi connectivity index (χ2n) is 6.42. The van der Waals surface area contributed by atoms with Gasteiger partial charge in [-0.2, -0.15) is 0 Å². The van der Waals surface area contributed by atoms with E-state index in [1.165, 1.54) is 13.2 Å². The van der Waals surface area contributed by atoms with Crippen LogP contribution in [0.1, 0.15) is 0 Å². The van der Waals surface area contributed by atoms with Crippen molar-refractivity contribution >= 4 is 44.2 Å². The molecule has 0 spiro atoms. The van der Waals surface area contributed by atoms with E-state index in [-0.39, 0.29) is 4.90 Å². The molecule has 0 aliphatic rings. The van der Waals surface area contributed by atoms with Crippen LogP contribution in [0.3, 0.4) is 0 Å². The molecular weight excluding hydrogens is 424 g/mol. The zero-order chi connectivity index (χ0) is 21.3. The van der Waals surface area contributed by atoms with Gasteiger partial charge in [-0.05, 0) is 36.4 Å². The van der Waals surface area contributed by atoms with E-state index < -0.39 is 10.0 Å². The van der Waals surface area contributed by atoms with Crippen molar-refractivity contribution in [2.45, 2.75) is 4.90 Å². The summed E-state index contributed by atoms with van der Waals surface area (Å²) in [5.41, 5.74) is 2.48. The Balaban J connectivity index is 1.98. The summed E-state index contributed by atoms with van der Waals surface area (Å²) in [4.78, 5) is 9.30. The van der Waals surface area contributed by atoms with E-state index in [0.717, 1.165) is 0 Å². The molecule has 0 radical (unpaired) electrons. The van der Waals surface area contributed by atoms with E-state index in [0.29, 0.717) is 44.6 Å². The molecule has 7 nitrogen and oxygen atoms in total. The molecule has 152 valence electrons. The maximum atomic E-state index is 12.2. The number of halogens is 1. The van der Waals surface area contributed by atoms with Crippen LogP contribution < -0.4 is 15.2 Å². The zero-order valence-electron chi connectivity index (χ0n) is 15.8. The van der Waals surface area contributed by atoms with Crippen LogP contribution in [0, 0.1) is 0 Å². The number of hydrogen-bond donors (Lipinski definition) is 2. The number of nitrogens with zero attached hydrogens (tertiary/aromatic N) is 2. The Morgan fingerprint density at radius 1 is 0.967 bits per heavy atom. The standard InChI is InChI=1S/C21H17ClN4O3S/c1-29-18-11-10-13(22)12-17(18)26-21-20(24-15-7-3-4-8-16(15)25-21)14-6-2-5-9-19(14)30(23,27)28/h2-12H,1H3,(H,25,26)(H2,23,27,28). The quantitative estimate of drug-likeness (QED) is 0.477. The van der Waals surface area contributed by atoms with Crippen LogP contribution in [0.5, 0.6) is 5.75 Å². The van der Waals surface area contributed by atoms with Gasteiger partial charge in [-0.15, -0.1) is 0 Å². The van der Waals surface area contributed by atoms with E-state index >= 15 is 0 Å². The maximum Gasteiger partial charge on any atom is 0.238 e. The highest BCUT2D eigenvalue weighted by molar-refractivity contribution is 7.89. The zero-order valence-corrected chi connectivity index (χ0v) is 17.4. The number of nitrogens with one attached hydrogen (secondary N) is 1. The Morgan fingerprint density at radius 2 is 1.63 bits per heavy atom. The number of fused-ring (bicyclic) bond motifs is 1. The molecule has 0 aliphatic carbocycles. The van der Waals surface area contributed by atoms with E-state index in [1.807, 2.05) is 18.2 Å². The van der Waals surface area contributed by atoms with Crippen LogP contribution in [0.15, 0.2) is 71.6 Å². The predicted octanol–water partition coefficient (Wildman–Crippen LogP) is 4.35. The monoisotopic (exact) mass is 440 g/mol. The lowest BCUT2D eigenvalue weighted by Gasteiger charge is -2.16. The van der Waals surface area contributed by atoms with Crippen molar-refractivity contribution in [2.24, 2.45) is 5.14 Å². The van der Waals surface area contributed by atoms with Gasteiger partial charge < -0.3 is 10.1 Å². The largest absolute Gasteiger partial charge is 0.495 e. The molecule has 30 heavy (non-hydrogen) atoms. The molecule has 4 aromatic rings. The van der Waals surface area contributed by atoms with Crippen LogP contribution in [0.2, 0.25) is 5.02 Å². The summed E-state index contributed by atoms with van der Waals surface area (Å²) in [6.45, 7) is 0. The molecule has 9 heteroatoms. The number of benzene rings is 3. The normalized spacial score (nSPS) is 11.4. The second-order valence-corrected chi connectivity index (χ2v) is 8.39. The number of methoxy groups -OCH3 is 1. The molecule has 4 rings (SSSR count). The summed E-state index contributed by atoms with van der Waals surface area (Å²) in [5, 5.41) is 9.12. The van der Waals surface area contributed by atoms with E-state index in [9.17, 15) is 8.42 Å². The van der Waals surface area contributed by atoms with Crippen molar-refractivity contribution in [3.05, 3.63) is 71.8 Å². The Bertz CT molecular complexity index is 1360. The first-order chi connectivity index (χ1) is 14.4. The first-order valence-corrected chi connectivity index (χ1v) is 10.8. The van der Waals surface area contributed by atoms with Crippen LogP contribution in [0.4, 0.5) is 11.5 Å². The highest BCUT2D eigenvalue weighted by atomic mass is 35.5. The van der Waals surface area contributed by atoms with Gasteiger partial charge in [-0.3, -0.25) is 0 Å². The fourth-order valence-corrected chi connectivity index (χ4v) is 4.00. The first kappa shape index (κ1) is 20.1. The average molecular weight is 441 g/mol. The average Bonchev–Trinajstić information content (AvgIpc) is 2.73. The molecule has 0 saturated heterocycles. The number of ether oxygens (including phenoxy) is 1. The molecule has 0 amide bonds. The Hall–Kier alpha value is -3.20. The van der Waals surface area contributed by atoms with Gasteiger partial charge >= 0.3 is 0 Å². The Kier molecular flexibility index (Phi) is 5.29. The fourth-order valence-electron chi connectivity index (χ4n) is 3.09. The number of rotatable bonds is 5. The van der Waals surface area contributed by atoms with Gasteiger partial charge in [0, 0.05) is 10.6 Å². The molecular formula is C21H17ClN4O3S. The maximum absolute atomic E-state index is 12.2. The van der Waals surface area contributed by atoms with Crippen molar-refractivity contribution in [3.8, 4) is 17.0 Å². The fraction of sp³-hybridized carbons (Fsp3) is 0.0476. The molecule has 0 unspecified atom stereocenters. The molecule has 3 N–H and O–H groups in total. The summed E-state index contributed by atoms with van der Waals surface area (Å²) in [7, 11) is -2.45. The van der Waals surface area contributed by atoms with Crippen molar-refractivity contribution in [2.75, 3.05) is 12.4 Å². The topological polar surface area (TPSA) is 107 Å². The summed E-state index contributed by atoms with van der Waals surface area (Å²) in [6, 6.07) is 18.8. The van der Waals surface area contributed by atoms with Gasteiger partial charge in [0.25, 0.3) is 0 Å². The van der Waals surface area contributed by atoms with Crippen LogP contribution in [-0.2, 0) is 10.0 Å². The Labute approximate surface area is 178 Å². The van der Waals surface area contributed by atoms with Gasteiger partial charge in [0.2, 0.25) is 10.0 Å². The molecule has 0 bridgehead atoms. The van der Waals surface area contributed by atoms with Crippen molar-refractivity contribution < 1.29 is 13.2 Å². The van der Waals surface area contributed by atoms with E-state index in [2.05, 4.69) is 15.3 Å². The van der Waals surface area contributed by atoms with E-state index in [4.69, 9.17) is 21.5 Å². The highest BCUT2D eigenvalue weighted by Gasteiger charge is 2.20. The minimum Gasteiger partial charge on any atom is -0.495 e. The molecule has 0 fully saturated rings. The first-order valence-electron chi connectivity index (χ1n) is 8.86. The third-order valence-corrected chi connectivity index (χ3v) is 5.64. The lowest BCUT2D eigenvalue weighted by atomic mass is 10.1. The molecule has 3 aromatic carbocycles. The lowest BCUT2D eigenvalue weighted by molar-refractivity contribution is 0.417. The van der Waals surface area contributed by atoms with Crippen molar-refractivity contribution in [1.82, 2.24) is 9.97 Å². The van der Waals surface area contributed by atoms with Crippen LogP contribution >= 0.6 is 11.6 Å². The Morgan fingerprint density at radius 3 is 2.33 bits per heavy atom. The SMILES string of the molecule is COc1ccc(Cl)cc1Nc1nc2ccccc2nc1-c1ccccc1S(N)(=O)=O. The third kappa shape index (κ3) is 3.93. The number of primary sulfonamides is 1. The van der Waals surface area contributed by atoms with Gasteiger partial charge in [-0.25, -0.2) is 23.5 Å². The second kappa shape index (κ2) is 7.91. The smallest absolute Gasteiger partial charge is 0.238 e. The molecule has 0 atom stereocenters. The van der Waals surface area contributed by atoms with E-state index in [1.54, 1.807) is 42.5 Å². The summed E-state index contributed by atoms with van der Waals surface area (Å²) < 4.78 is 29.8. The number of aromatic nitrogens is 2. The molecule has 0 saturated carbocycles. The van der Waals surface area contributed by atoms with Gasteiger partial charge in [0.05, 0.1) is 28.7 Å². The summed E-state index contributed by atoms with van der Waals surface area (Å²) in [6.07, 6.45) is 0. The van der Waals surface area contributed by atoms with Crippen LogP contribution in [-0.4, -0.2) is 25.5 Å². The van der Waals surface area contributed by atoms with Gasteiger partial charge in [-0.1, -0.05) is 41.9 Å². The summed E-state index contributed by atoms with van der Waals surface area (Å²) >= 11 is 6.15. The van der Waals surface area contributed by atoms with Crippen molar-refractivity contribution in [1.29, 1.82) is 0 Å². The number of nitrogens with two attached hydrogens (primary N) is 1. The molecule has 1 heterocycles. The highest BCUT2D eigenvalue weighted by Crippen LogP contribution is 2.36. The minimum atomic E-state index is -3.99.